The maximum Gasteiger partial charge on any atom is 0.144 e. The largest absolute Gasteiger partial charge is 0.396 e. The second-order valence-electron chi connectivity index (χ2n) is 6.13. The van der Waals surface area contributed by atoms with Crippen LogP contribution in [0.15, 0.2) is 0 Å². The summed E-state index contributed by atoms with van der Waals surface area (Å²) in [6.07, 6.45) is 12.3. The molecule has 0 aliphatic carbocycles. The summed E-state index contributed by atoms with van der Waals surface area (Å²) < 4.78 is 5.57. The van der Waals surface area contributed by atoms with Crippen molar-refractivity contribution in [3.63, 3.8) is 0 Å². The van der Waals surface area contributed by atoms with E-state index in [1.165, 1.54) is 51.4 Å². The molecule has 0 bridgehead atoms. The second-order valence-corrected chi connectivity index (χ2v) is 6.13. The van der Waals surface area contributed by atoms with Crippen LogP contribution in [-0.2, 0) is 4.74 Å². The summed E-state index contributed by atoms with van der Waals surface area (Å²) in [5.41, 5.74) is 4.84. The number of ether oxygens (including phenoxy) is 1. The van der Waals surface area contributed by atoms with Gasteiger partial charge in [0, 0.05) is 19.6 Å². The van der Waals surface area contributed by atoms with Gasteiger partial charge in [0.05, 0.1) is 6.10 Å². The average molecular weight is 303 g/mol. The van der Waals surface area contributed by atoms with E-state index in [1.807, 2.05) is 0 Å². The van der Waals surface area contributed by atoms with E-state index >= 15 is 0 Å². The van der Waals surface area contributed by atoms with Crippen molar-refractivity contribution in [2.24, 2.45) is 5.73 Å². The van der Waals surface area contributed by atoms with Gasteiger partial charge >= 0.3 is 0 Å². The molecule has 0 amide bonds. The lowest BCUT2D eigenvalue weighted by atomic mass is 10.1. The Morgan fingerprint density at radius 1 is 0.952 bits per heavy atom. The summed E-state index contributed by atoms with van der Waals surface area (Å²) >= 11 is 0. The van der Waals surface area contributed by atoms with Crippen LogP contribution in [0, 0.1) is 0 Å². The number of aliphatic hydroxyl groups is 2. The van der Waals surface area contributed by atoms with Crippen molar-refractivity contribution in [3.05, 3.63) is 0 Å². The van der Waals surface area contributed by atoms with Gasteiger partial charge in [-0.15, -0.1) is 0 Å². The molecule has 0 heterocycles. The Hall–Kier alpha value is -0.160. The van der Waals surface area contributed by atoms with Gasteiger partial charge in [-0.25, -0.2) is 0 Å². The highest BCUT2D eigenvalue weighted by atomic mass is 16.5. The first-order valence-corrected chi connectivity index (χ1v) is 8.78. The highest BCUT2D eigenvalue weighted by Gasteiger charge is 2.30. The number of unbranched alkanes of at least 4 members (excludes halogenated alkanes) is 9. The van der Waals surface area contributed by atoms with Crippen molar-refractivity contribution in [1.82, 2.24) is 0 Å². The fourth-order valence-electron chi connectivity index (χ4n) is 2.43. The summed E-state index contributed by atoms with van der Waals surface area (Å²) in [7, 11) is 0. The first-order chi connectivity index (χ1) is 10.1. The molecule has 0 aliphatic heterocycles. The van der Waals surface area contributed by atoms with E-state index in [9.17, 15) is 5.11 Å². The van der Waals surface area contributed by atoms with Crippen LogP contribution in [0.1, 0.15) is 84.5 Å². The molecule has 128 valence electrons. The molecule has 4 heteroatoms. The second kappa shape index (κ2) is 13.5. The summed E-state index contributed by atoms with van der Waals surface area (Å²) in [5, 5.41) is 18.6. The third kappa shape index (κ3) is 11.1. The van der Waals surface area contributed by atoms with Crippen molar-refractivity contribution in [3.8, 4) is 0 Å². The highest BCUT2D eigenvalue weighted by Crippen LogP contribution is 2.16. The zero-order valence-corrected chi connectivity index (χ0v) is 14.1. The van der Waals surface area contributed by atoms with Crippen LogP contribution in [-0.4, -0.2) is 35.3 Å². The van der Waals surface area contributed by atoms with Crippen molar-refractivity contribution >= 4 is 0 Å². The zero-order valence-electron chi connectivity index (χ0n) is 14.1. The third-order valence-electron chi connectivity index (χ3n) is 4.08. The number of hydrogen-bond donors (Lipinski definition) is 3. The number of nitrogens with two attached hydrogens (primary N) is 1. The molecule has 0 rings (SSSR count). The molecule has 0 radical (unpaired) electrons. The average Bonchev–Trinajstić information content (AvgIpc) is 2.45. The minimum absolute atomic E-state index is 0.0700. The van der Waals surface area contributed by atoms with E-state index < -0.39 is 11.8 Å². The van der Waals surface area contributed by atoms with Crippen molar-refractivity contribution in [2.45, 2.75) is 96.3 Å². The summed E-state index contributed by atoms with van der Waals surface area (Å²) in [5.74, 6) is 0. The van der Waals surface area contributed by atoms with Gasteiger partial charge in [0.2, 0.25) is 0 Å². The van der Waals surface area contributed by atoms with Crippen LogP contribution in [0.25, 0.3) is 0 Å². The number of rotatable bonds is 15. The predicted octanol–water partition coefficient (Wildman–Crippen LogP) is 3.34. The van der Waals surface area contributed by atoms with Crippen molar-refractivity contribution in [1.29, 1.82) is 0 Å². The van der Waals surface area contributed by atoms with Crippen LogP contribution in [0.2, 0.25) is 0 Å². The van der Waals surface area contributed by atoms with E-state index in [1.54, 1.807) is 6.92 Å². The van der Waals surface area contributed by atoms with Gasteiger partial charge in [0.1, 0.15) is 5.72 Å². The molecule has 2 atom stereocenters. The lowest BCUT2D eigenvalue weighted by Crippen LogP contribution is -2.52. The van der Waals surface area contributed by atoms with Crippen LogP contribution in [0.3, 0.4) is 0 Å². The van der Waals surface area contributed by atoms with Crippen LogP contribution in [0.5, 0.6) is 0 Å². The molecule has 4 N–H and O–H groups in total. The Balaban J connectivity index is 3.42. The Kier molecular flexibility index (Phi) is 13.4. The lowest BCUT2D eigenvalue weighted by molar-refractivity contribution is -0.125. The molecule has 2 unspecified atom stereocenters. The van der Waals surface area contributed by atoms with Gasteiger partial charge in [-0.2, -0.15) is 0 Å². The molecular formula is C17H37NO3. The van der Waals surface area contributed by atoms with E-state index in [4.69, 9.17) is 15.6 Å². The summed E-state index contributed by atoms with van der Waals surface area (Å²) in [4.78, 5) is 0. The van der Waals surface area contributed by atoms with Crippen molar-refractivity contribution in [2.75, 3.05) is 13.2 Å². The molecule has 0 aromatic carbocycles. The SMILES string of the molecule is CCCCCCCCCCCCOC(N)(CCO)C(C)O. The maximum absolute atomic E-state index is 9.60. The Morgan fingerprint density at radius 3 is 1.86 bits per heavy atom. The molecule has 0 saturated carbocycles. The fraction of sp³-hybridized carbons (Fsp3) is 1.00. The summed E-state index contributed by atoms with van der Waals surface area (Å²) in [6, 6.07) is 0. The topological polar surface area (TPSA) is 75.7 Å². The molecule has 0 aromatic heterocycles. The number of aliphatic hydroxyl groups excluding tert-OH is 2. The Labute approximate surface area is 131 Å². The van der Waals surface area contributed by atoms with Gasteiger partial charge in [-0.05, 0) is 13.3 Å². The van der Waals surface area contributed by atoms with Crippen LogP contribution >= 0.6 is 0 Å². The molecule has 0 aromatic rings. The molecule has 0 saturated heterocycles. The first-order valence-electron chi connectivity index (χ1n) is 8.78. The summed E-state index contributed by atoms with van der Waals surface area (Å²) in [6.45, 7) is 4.34. The van der Waals surface area contributed by atoms with E-state index in [2.05, 4.69) is 6.92 Å². The smallest absolute Gasteiger partial charge is 0.144 e. The Morgan fingerprint density at radius 2 is 1.43 bits per heavy atom. The van der Waals surface area contributed by atoms with Crippen molar-refractivity contribution < 1.29 is 14.9 Å². The van der Waals surface area contributed by atoms with E-state index in [0.29, 0.717) is 6.61 Å². The Bertz CT molecular complexity index is 224. The van der Waals surface area contributed by atoms with Gasteiger partial charge in [0.15, 0.2) is 0 Å². The molecule has 0 fully saturated rings. The maximum atomic E-state index is 9.60. The van der Waals surface area contributed by atoms with Gasteiger partial charge in [0.25, 0.3) is 0 Å². The normalized spacial score (nSPS) is 15.9. The van der Waals surface area contributed by atoms with Gasteiger partial charge < -0.3 is 20.7 Å². The molecule has 21 heavy (non-hydrogen) atoms. The molecule has 4 nitrogen and oxygen atoms in total. The zero-order chi connectivity index (χ0) is 16.0. The van der Waals surface area contributed by atoms with Crippen LogP contribution in [0.4, 0.5) is 0 Å². The fourth-order valence-corrected chi connectivity index (χ4v) is 2.43. The van der Waals surface area contributed by atoms with Gasteiger partial charge in [-0.3, -0.25) is 0 Å². The van der Waals surface area contributed by atoms with Gasteiger partial charge in [-0.1, -0.05) is 64.7 Å². The van der Waals surface area contributed by atoms with E-state index in [0.717, 1.165) is 12.8 Å². The standard InChI is InChI=1S/C17H37NO3/c1-3-4-5-6-7-8-9-10-11-12-15-21-17(18,13-14-19)16(2)20/h16,19-20H,3-15,18H2,1-2H3. The monoisotopic (exact) mass is 303 g/mol. The molecule has 0 spiro atoms. The highest BCUT2D eigenvalue weighted by molar-refractivity contribution is 4.79. The first kappa shape index (κ1) is 20.8. The third-order valence-corrected chi connectivity index (χ3v) is 4.08. The lowest BCUT2D eigenvalue weighted by Gasteiger charge is -2.32. The quantitative estimate of drug-likeness (QED) is 0.320. The molecular weight excluding hydrogens is 266 g/mol. The number of hydrogen-bond acceptors (Lipinski definition) is 4. The minimum Gasteiger partial charge on any atom is -0.396 e. The minimum atomic E-state index is -1.10. The predicted molar refractivity (Wildman–Crippen MR) is 88.1 cm³/mol. The van der Waals surface area contributed by atoms with Crippen LogP contribution < -0.4 is 5.73 Å². The molecule has 0 aliphatic rings. The van der Waals surface area contributed by atoms with E-state index in [-0.39, 0.29) is 13.0 Å².